The predicted molar refractivity (Wildman–Crippen MR) is 98.5 cm³/mol. The number of nitrogens with zero attached hydrogens (tertiary/aromatic N) is 1. The summed E-state index contributed by atoms with van der Waals surface area (Å²) in [5, 5.41) is 5.21. The maximum atomic E-state index is 12.8. The molecule has 1 atom stereocenters. The molecule has 0 saturated heterocycles. The van der Waals surface area contributed by atoms with Crippen LogP contribution in [0.5, 0.6) is 0 Å². The van der Waals surface area contributed by atoms with Gasteiger partial charge in [0.15, 0.2) is 0 Å². The Labute approximate surface area is 143 Å². The van der Waals surface area contributed by atoms with Gasteiger partial charge in [-0.1, -0.05) is 12.1 Å². The van der Waals surface area contributed by atoms with Gasteiger partial charge in [0.2, 0.25) is 0 Å². The lowest BCUT2D eigenvalue weighted by Crippen LogP contribution is -2.35. The highest BCUT2D eigenvalue weighted by molar-refractivity contribution is 7.10. The van der Waals surface area contributed by atoms with Crippen LogP contribution < -0.4 is 5.32 Å². The van der Waals surface area contributed by atoms with Crippen LogP contribution in [0.1, 0.15) is 43.5 Å². The Morgan fingerprint density at radius 3 is 2.26 bits per heavy atom. The summed E-state index contributed by atoms with van der Waals surface area (Å²) in [5.41, 5.74) is 5.30. The summed E-state index contributed by atoms with van der Waals surface area (Å²) in [4.78, 5) is 16.2. The third-order valence-corrected chi connectivity index (χ3v) is 5.52. The maximum absolute atomic E-state index is 12.8. The zero-order valence-electron chi connectivity index (χ0n) is 14.9. The molecule has 1 aromatic heterocycles. The van der Waals surface area contributed by atoms with E-state index >= 15 is 0 Å². The van der Waals surface area contributed by atoms with Gasteiger partial charge in [0.1, 0.15) is 0 Å². The van der Waals surface area contributed by atoms with Crippen molar-refractivity contribution in [3.05, 3.63) is 56.3 Å². The fourth-order valence-electron chi connectivity index (χ4n) is 2.85. The average molecular weight is 330 g/mol. The normalized spacial score (nSPS) is 12.5. The SMILES string of the molecule is Cc1cc(C)c(C)c(C(=O)NC[C@@H](c2cccs2)N(C)C)c1C. The molecule has 1 heterocycles. The van der Waals surface area contributed by atoms with Crippen LogP contribution in [-0.2, 0) is 0 Å². The number of hydrogen-bond donors (Lipinski definition) is 1. The lowest BCUT2D eigenvalue weighted by atomic mass is 9.93. The van der Waals surface area contributed by atoms with Crippen molar-refractivity contribution in [3.63, 3.8) is 0 Å². The molecule has 0 radical (unpaired) electrons. The molecule has 1 N–H and O–H groups in total. The molecule has 0 saturated carbocycles. The molecule has 1 amide bonds. The number of thiophene rings is 1. The van der Waals surface area contributed by atoms with Crippen LogP contribution in [0, 0.1) is 27.7 Å². The maximum Gasteiger partial charge on any atom is 0.251 e. The molecule has 0 fully saturated rings. The van der Waals surface area contributed by atoms with E-state index in [4.69, 9.17) is 0 Å². The van der Waals surface area contributed by atoms with Crippen molar-refractivity contribution in [3.8, 4) is 0 Å². The number of amides is 1. The summed E-state index contributed by atoms with van der Waals surface area (Å²) < 4.78 is 0. The predicted octanol–water partition coefficient (Wildman–Crippen LogP) is 4.01. The zero-order valence-corrected chi connectivity index (χ0v) is 15.7. The number of carbonyl (C=O) groups excluding carboxylic acids is 1. The zero-order chi connectivity index (χ0) is 17.1. The van der Waals surface area contributed by atoms with Gasteiger partial charge in [-0.3, -0.25) is 4.79 Å². The lowest BCUT2D eigenvalue weighted by Gasteiger charge is -2.24. The van der Waals surface area contributed by atoms with Gasteiger partial charge in [-0.05, 0) is 75.5 Å². The standard InChI is InChI=1S/C19H26N2OS/c1-12-10-13(2)15(4)18(14(12)3)19(22)20-11-16(21(5)6)17-8-7-9-23-17/h7-10,16H,11H2,1-6H3,(H,20,22)/t16-/m0/s1. The summed E-state index contributed by atoms with van der Waals surface area (Å²) in [6.07, 6.45) is 0. The van der Waals surface area contributed by atoms with Crippen molar-refractivity contribution in [2.24, 2.45) is 0 Å². The van der Waals surface area contributed by atoms with E-state index < -0.39 is 0 Å². The first-order valence-corrected chi connectivity index (χ1v) is 8.76. The molecule has 0 unspecified atom stereocenters. The minimum absolute atomic E-state index is 0.0233. The van der Waals surface area contributed by atoms with E-state index in [1.165, 1.54) is 16.0 Å². The molecule has 4 heteroatoms. The molecule has 3 nitrogen and oxygen atoms in total. The molecule has 0 aliphatic heterocycles. The Morgan fingerprint density at radius 1 is 1.17 bits per heavy atom. The minimum atomic E-state index is 0.0233. The minimum Gasteiger partial charge on any atom is -0.350 e. The van der Waals surface area contributed by atoms with E-state index in [2.05, 4.69) is 47.6 Å². The topological polar surface area (TPSA) is 32.3 Å². The number of benzene rings is 1. The Morgan fingerprint density at radius 2 is 1.78 bits per heavy atom. The largest absolute Gasteiger partial charge is 0.350 e. The fourth-order valence-corrected chi connectivity index (χ4v) is 3.78. The summed E-state index contributed by atoms with van der Waals surface area (Å²) in [6.45, 7) is 8.79. The van der Waals surface area contributed by atoms with Crippen LogP contribution in [0.2, 0.25) is 0 Å². The number of rotatable bonds is 5. The lowest BCUT2D eigenvalue weighted by molar-refractivity contribution is 0.0941. The molecule has 1 aromatic carbocycles. The van der Waals surface area contributed by atoms with Crippen molar-refractivity contribution < 1.29 is 4.79 Å². The first-order chi connectivity index (χ1) is 10.8. The molecule has 0 bridgehead atoms. The van der Waals surface area contributed by atoms with Gasteiger partial charge >= 0.3 is 0 Å². The van der Waals surface area contributed by atoms with E-state index in [1.54, 1.807) is 11.3 Å². The van der Waals surface area contributed by atoms with Crippen LogP contribution in [-0.4, -0.2) is 31.4 Å². The molecule has 0 aliphatic carbocycles. The van der Waals surface area contributed by atoms with Crippen LogP contribution in [0.25, 0.3) is 0 Å². The Bertz CT molecular complexity index is 664. The number of hydrogen-bond acceptors (Lipinski definition) is 3. The Kier molecular flexibility index (Phi) is 5.60. The third-order valence-electron chi connectivity index (χ3n) is 4.54. The molecule has 0 spiro atoms. The van der Waals surface area contributed by atoms with E-state index in [0.29, 0.717) is 6.54 Å². The first-order valence-electron chi connectivity index (χ1n) is 7.88. The van der Waals surface area contributed by atoms with Crippen molar-refractivity contribution >= 4 is 17.2 Å². The summed E-state index contributed by atoms with van der Waals surface area (Å²) in [5.74, 6) is 0.0233. The van der Waals surface area contributed by atoms with E-state index in [-0.39, 0.29) is 11.9 Å². The molecule has 2 aromatic rings. The summed E-state index contributed by atoms with van der Waals surface area (Å²) in [7, 11) is 4.09. The quantitative estimate of drug-likeness (QED) is 0.898. The molecule has 23 heavy (non-hydrogen) atoms. The van der Waals surface area contributed by atoms with Crippen LogP contribution in [0.4, 0.5) is 0 Å². The highest BCUT2D eigenvalue weighted by atomic mass is 32.1. The summed E-state index contributed by atoms with van der Waals surface area (Å²) >= 11 is 1.73. The highest BCUT2D eigenvalue weighted by Gasteiger charge is 2.19. The van der Waals surface area contributed by atoms with Gasteiger partial charge < -0.3 is 10.2 Å². The first kappa shape index (κ1) is 17.7. The van der Waals surface area contributed by atoms with Gasteiger partial charge in [-0.2, -0.15) is 0 Å². The molecular weight excluding hydrogens is 304 g/mol. The second-order valence-electron chi connectivity index (χ2n) is 6.34. The molecule has 124 valence electrons. The van der Waals surface area contributed by atoms with Crippen LogP contribution >= 0.6 is 11.3 Å². The number of carbonyl (C=O) groups is 1. The summed E-state index contributed by atoms with van der Waals surface area (Å²) in [6, 6.07) is 6.52. The van der Waals surface area contributed by atoms with Gasteiger partial charge in [-0.15, -0.1) is 11.3 Å². The molecule has 0 aliphatic rings. The number of aryl methyl sites for hydroxylation is 2. The van der Waals surface area contributed by atoms with Gasteiger partial charge in [-0.25, -0.2) is 0 Å². The molecular formula is C19H26N2OS. The monoisotopic (exact) mass is 330 g/mol. The van der Waals surface area contributed by atoms with Gasteiger partial charge in [0, 0.05) is 17.0 Å². The molecule has 2 rings (SSSR count). The van der Waals surface area contributed by atoms with Gasteiger partial charge in [0.25, 0.3) is 5.91 Å². The Balaban J connectivity index is 2.20. The van der Waals surface area contributed by atoms with Crippen molar-refractivity contribution in [2.45, 2.75) is 33.7 Å². The van der Waals surface area contributed by atoms with Crippen LogP contribution in [0.15, 0.2) is 23.6 Å². The number of likely N-dealkylation sites (N-methyl/N-ethyl adjacent to an activating group) is 1. The number of nitrogens with one attached hydrogen (secondary N) is 1. The average Bonchev–Trinajstić information content (AvgIpc) is 2.99. The smallest absolute Gasteiger partial charge is 0.251 e. The van der Waals surface area contributed by atoms with Crippen LogP contribution in [0.3, 0.4) is 0 Å². The Hall–Kier alpha value is -1.65. The van der Waals surface area contributed by atoms with Crippen molar-refractivity contribution in [2.75, 3.05) is 20.6 Å². The van der Waals surface area contributed by atoms with E-state index in [0.717, 1.165) is 16.7 Å². The fraction of sp³-hybridized carbons (Fsp3) is 0.421. The second-order valence-corrected chi connectivity index (χ2v) is 7.32. The van der Waals surface area contributed by atoms with Gasteiger partial charge in [0.05, 0.1) is 6.04 Å². The third kappa shape index (κ3) is 3.82. The van der Waals surface area contributed by atoms with E-state index in [9.17, 15) is 4.79 Å². The van der Waals surface area contributed by atoms with Crippen molar-refractivity contribution in [1.82, 2.24) is 10.2 Å². The highest BCUT2D eigenvalue weighted by Crippen LogP contribution is 2.24. The van der Waals surface area contributed by atoms with E-state index in [1.807, 2.05) is 27.9 Å². The second kappa shape index (κ2) is 7.28. The van der Waals surface area contributed by atoms with Crippen molar-refractivity contribution in [1.29, 1.82) is 0 Å².